The van der Waals surface area contributed by atoms with Crippen LogP contribution in [-0.4, -0.2) is 43.7 Å². The van der Waals surface area contributed by atoms with Crippen molar-refractivity contribution in [2.24, 2.45) is 0 Å². The molecule has 1 unspecified atom stereocenters. The average Bonchev–Trinajstić information content (AvgIpc) is 2.80. The van der Waals surface area contributed by atoms with Gasteiger partial charge in [0.25, 0.3) is 0 Å². The third-order valence-electron chi connectivity index (χ3n) is 4.80. The van der Waals surface area contributed by atoms with E-state index in [1.165, 1.54) is 60.5 Å². The molecule has 1 atom stereocenters. The Morgan fingerprint density at radius 3 is 2.14 bits per heavy atom. The highest BCUT2D eigenvalue weighted by molar-refractivity contribution is 7.87. The number of hydrogen-bond donors (Lipinski definition) is 1. The van der Waals surface area contributed by atoms with Gasteiger partial charge in [-0.3, -0.25) is 0 Å². The van der Waals surface area contributed by atoms with E-state index in [9.17, 15) is 18.3 Å². The molecule has 36 heavy (non-hydrogen) atoms. The van der Waals surface area contributed by atoms with E-state index in [0.29, 0.717) is 22.1 Å². The number of carbonyl (C=O) groups is 1. The van der Waals surface area contributed by atoms with Crippen LogP contribution in [0.5, 0.6) is 17.2 Å². The van der Waals surface area contributed by atoms with Crippen molar-refractivity contribution >= 4 is 27.8 Å². The fourth-order valence-corrected chi connectivity index (χ4v) is 4.13. The quantitative estimate of drug-likeness (QED) is 0.365. The standard InChI is InChI=1S/C26H28ClNO7S/c1-26(2,3)34-25(30)28(4)17-23(29)18-9-11-20(12-10-18)35-36(31,32)21-15-13-19(14-16-21)33-24-8-6-5-7-22(24)27/h5-16,23,29H,17H2,1-4H3. The predicted octanol–water partition coefficient (Wildman–Crippen LogP) is 5.80. The molecule has 0 aliphatic heterocycles. The van der Waals surface area contributed by atoms with Crippen LogP contribution in [0.2, 0.25) is 5.02 Å². The molecule has 8 nitrogen and oxygen atoms in total. The number of para-hydroxylation sites is 1. The number of aliphatic hydroxyl groups is 1. The van der Waals surface area contributed by atoms with Gasteiger partial charge in [-0.25, -0.2) is 4.79 Å². The molecule has 1 N–H and O–H groups in total. The molecule has 192 valence electrons. The minimum absolute atomic E-state index is 0.00394. The van der Waals surface area contributed by atoms with Gasteiger partial charge in [-0.2, -0.15) is 8.42 Å². The van der Waals surface area contributed by atoms with Crippen LogP contribution in [0.3, 0.4) is 0 Å². The van der Waals surface area contributed by atoms with Crippen molar-refractivity contribution < 1.29 is 32.0 Å². The highest BCUT2D eigenvalue weighted by atomic mass is 35.5. The normalized spacial score (nSPS) is 12.5. The first-order valence-electron chi connectivity index (χ1n) is 11.0. The second-order valence-corrected chi connectivity index (χ2v) is 10.9. The van der Waals surface area contributed by atoms with Gasteiger partial charge in [-0.15, -0.1) is 0 Å². The lowest BCUT2D eigenvalue weighted by molar-refractivity contribution is 0.0205. The Morgan fingerprint density at radius 1 is 0.972 bits per heavy atom. The van der Waals surface area contributed by atoms with E-state index >= 15 is 0 Å². The molecule has 0 aromatic heterocycles. The van der Waals surface area contributed by atoms with E-state index in [1.807, 2.05) is 0 Å². The highest BCUT2D eigenvalue weighted by Crippen LogP contribution is 2.30. The molecular formula is C26H28ClNO7S. The molecule has 1 amide bonds. The highest BCUT2D eigenvalue weighted by Gasteiger charge is 2.22. The largest absolute Gasteiger partial charge is 0.456 e. The fourth-order valence-electron chi connectivity index (χ4n) is 3.03. The van der Waals surface area contributed by atoms with Gasteiger partial charge in [0.1, 0.15) is 27.7 Å². The van der Waals surface area contributed by atoms with Gasteiger partial charge in [-0.1, -0.05) is 35.9 Å². The van der Waals surface area contributed by atoms with Gasteiger partial charge >= 0.3 is 16.2 Å². The molecular weight excluding hydrogens is 506 g/mol. The predicted molar refractivity (Wildman–Crippen MR) is 136 cm³/mol. The first-order valence-corrected chi connectivity index (χ1v) is 12.8. The average molecular weight is 534 g/mol. The molecule has 0 aliphatic rings. The first kappa shape index (κ1) is 27.3. The number of aliphatic hydroxyl groups excluding tert-OH is 1. The number of rotatable bonds is 8. The van der Waals surface area contributed by atoms with Crippen LogP contribution < -0.4 is 8.92 Å². The molecule has 0 spiro atoms. The van der Waals surface area contributed by atoms with E-state index in [4.69, 9.17) is 25.3 Å². The van der Waals surface area contributed by atoms with Crippen molar-refractivity contribution in [3.63, 3.8) is 0 Å². The summed E-state index contributed by atoms with van der Waals surface area (Å²) in [5, 5.41) is 10.9. The number of halogens is 1. The second-order valence-electron chi connectivity index (χ2n) is 8.99. The Bertz CT molecular complexity index is 1290. The smallest absolute Gasteiger partial charge is 0.410 e. The summed E-state index contributed by atoms with van der Waals surface area (Å²) in [6.07, 6.45) is -1.56. The molecule has 0 heterocycles. The Balaban J connectivity index is 1.61. The number of nitrogens with zero attached hydrogens (tertiary/aromatic N) is 1. The van der Waals surface area contributed by atoms with Gasteiger partial charge in [0.05, 0.1) is 17.7 Å². The van der Waals surface area contributed by atoms with Crippen LogP contribution in [0, 0.1) is 0 Å². The second kappa shape index (κ2) is 11.2. The van der Waals surface area contributed by atoms with E-state index < -0.39 is 27.9 Å². The van der Waals surface area contributed by atoms with Crippen molar-refractivity contribution in [1.82, 2.24) is 4.90 Å². The number of likely N-dealkylation sites (N-methyl/N-ethyl adjacent to an activating group) is 1. The third-order valence-corrected chi connectivity index (χ3v) is 6.37. The molecule has 0 fully saturated rings. The molecule has 0 bridgehead atoms. The van der Waals surface area contributed by atoms with Gasteiger partial charge in [-0.05, 0) is 74.9 Å². The Morgan fingerprint density at radius 2 is 1.56 bits per heavy atom. The summed E-state index contributed by atoms with van der Waals surface area (Å²) in [5.74, 6) is 0.935. The molecule has 3 aromatic rings. The van der Waals surface area contributed by atoms with E-state index in [0.717, 1.165) is 0 Å². The van der Waals surface area contributed by atoms with Gasteiger partial charge in [0, 0.05) is 7.05 Å². The van der Waals surface area contributed by atoms with Crippen LogP contribution in [-0.2, 0) is 14.9 Å². The van der Waals surface area contributed by atoms with Crippen molar-refractivity contribution in [1.29, 1.82) is 0 Å². The van der Waals surface area contributed by atoms with E-state index in [-0.39, 0.29) is 17.2 Å². The van der Waals surface area contributed by atoms with E-state index in [1.54, 1.807) is 45.0 Å². The molecule has 0 aliphatic carbocycles. The summed E-state index contributed by atoms with van der Waals surface area (Å²) in [6, 6.07) is 18.6. The van der Waals surface area contributed by atoms with Crippen LogP contribution in [0.4, 0.5) is 4.79 Å². The van der Waals surface area contributed by atoms with Crippen LogP contribution in [0.25, 0.3) is 0 Å². The monoisotopic (exact) mass is 533 g/mol. The molecule has 3 aromatic carbocycles. The van der Waals surface area contributed by atoms with Crippen molar-refractivity contribution in [2.75, 3.05) is 13.6 Å². The summed E-state index contributed by atoms with van der Waals surface area (Å²) in [5.41, 5.74) is -0.166. The molecule has 10 heteroatoms. The fraction of sp³-hybridized carbons (Fsp3) is 0.269. The number of carbonyl (C=O) groups excluding carboxylic acids is 1. The minimum atomic E-state index is -4.11. The lowest BCUT2D eigenvalue weighted by Gasteiger charge is -2.26. The van der Waals surface area contributed by atoms with Gasteiger partial charge < -0.3 is 23.7 Å². The number of hydrogen-bond acceptors (Lipinski definition) is 7. The molecule has 0 saturated heterocycles. The van der Waals surface area contributed by atoms with E-state index in [2.05, 4.69) is 0 Å². The number of amides is 1. The van der Waals surface area contributed by atoms with Crippen LogP contribution in [0.1, 0.15) is 32.4 Å². The SMILES string of the molecule is CN(CC(O)c1ccc(OS(=O)(=O)c2ccc(Oc3ccccc3Cl)cc2)cc1)C(=O)OC(C)(C)C. The zero-order valence-corrected chi connectivity index (χ0v) is 21.9. The van der Waals surface area contributed by atoms with Crippen LogP contribution >= 0.6 is 11.6 Å². The summed E-state index contributed by atoms with van der Waals surface area (Å²) in [7, 11) is -2.59. The first-order chi connectivity index (χ1) is 16.8. The Kier molecular flexibility index (Phi) is 8.50. The summed E-state index contributed by atoms with van der Waals surface area (Å²) < 4.78 is 41.5. The number of ether oxygens (including phenoxy) is 2. The maximum Gasteiger partial charge on any atom is 0.410 e. The molecule has 0 saturated carbocycles. The Labute approximate surface area is 216 Å². The number of benzene rings is 3. The van der Waals surface area contributed by atoms with Crippen LogP contribution in [0.15, 0.2) is 77.7 Å². The van der Waals surface area contributed by atoms with Gasteiger partial charge in [0.15, 0.2) is 0 Å². The zero-order valence-electron chi connectivity index (χ0n) is 20.3. The minimum Gasteiger partial charge on any atom is -0.456 e. The van der Waals surface area contributed by atoms with Gasteiger partial charge in [0.2, 0.25) is 0 Å². The summed E-state index contributed by atoms with van der Waals surface area (Å²) in [6.45, 7) is 5.26. The Hall–Kier alpha value is -3.27. The lowest BCUT2D eigenvalue weighted by Crippen LogP contribution is -2.36. The summed E-state index contributed by atoms with van der Waals surface area (Å²) in [4.78, 5) is 13.3. The third kappa shape index (κ3) is 7.61. The van der Waals surface area contributed by atoms with Crippen molar-refractivity contribution in [3.05, 3.63) is 83.4 Å². The molecule has 0 radical (unpaired) electrons. The molecule has 3 rings (SSSR count). The zero-order chi connectivity index (χ0) is 26.5. The van der Waals surface area contributed by atoms with Crippen molar-refractivity contribution in [2.45, 2.75) is 37.4 Å². The maximum atomic E-state index is 12.7. The summed E-state index contributed by atoms with van der Waals surface area (Å²) >= 11 is 6.08. The van der Waals surface area contributed by atoms with Crippen molar-refractivity contribution in [3.8, 4) is 17.2 Å². The maximum absolute atomic E-state index is 12.7. The topological polar surface area (TPSA) is 102 Å². The lowest BCUT2D eigenvalue weighted by atomic mass is 10.1.